The molecule has 1 saturated heterocycles. The fourth-order valence-electron chi connectivity index (χ4n) is 2.50. The molecule has 0 spiro atoms. The van der Waals surface area contributed by atoms with Crippen LogP contribution in [0.25, 0.3) is 11.2 Å². The quantitative estimate of drug-likeness (QED) is 0.433. The minimum Gasteiger partial charge on any atom is -0.394 e. The summed E-state index contributed by atoms with van der Waals surface area (Å²) in [5, 5.41) is 38.6. The molecule has 5 N–H and O–H groups in total. The van der Waals surface area contributed by atoms with Gasteiger partial charge < -0.3 is 20.1 Å². The van der Waals surface area contributed by atoms with Gasteiger partial charge in [0.2, 0.25) is 0 Å². The molecule has 114 valence electrons. The largest absolute Gasteiger partial charge is 0.394 e. The zero-order chi connectivity index (χ0) is 15.2. The molecule has 10 heteroatoms. The van der Waals surface area contributed by atoms with E-state index in [4.69, 9.17) is 9.94 Å². The zero-order valence-electron chi connectivity index (χ0n) is 11.1. The molecule has 0 aliphatic carbocycles. The summed E-state index contributed by atoms with van der Waals surface area (Å²) in [6, 6.07) is 0. The summed E-state index contributed by atoms with van der Waals surface area (Å²) in [5.74, 6) is 0.107. The van der Waals surface area contributed by atoms with E-state index in [1.807, 2.05) is 5.48 Å². The minimum atomic E-state index is -1.64. The van der Waals surface area contributed by atoms with Crippen LogP contribution in [0.2, 0.25) is 0 Å². The normalized spacial score (nSPS) is 32.7. The highest BCUT2D eigenvalue weighted by atomic mass is 16.6. The maximum absolute atomic E-state index is 10.4. The van der Waals surface area contributed by atoms with E-state index < -0.39 is 30.6 Å². The summed E-state index contributed by atoms with van der Waals surface area (Å²) < 4.78 is 6.91. The van der Waals surface area contributed by atoms with Crippen LogP contribution in [0.5, 0.6) is 0 Å². The van der Waals surface area contributed by atoms with Gasteiger partial charge in [0.15, 0.2) is 23.2 Å². The molecule has 1 aliphatic rings. The van der Waals surface area contributed by atoms with Gasteiger partial charge in [-0.1, -0.05) is 0 Å². The van der Waals surface area contributed by atoms with E-state index in [-0.39, 0.29) is 11.3 Å². The Bertz CT molecular complexity index is 659. The highest BCUT2D eigenvalue weighted by Gasteiger charge is 2.53. The molecule has 21 heavy (non-hydrogen) atoms. The van der Waals surface area contributed by atoms with Gasteiger partial charge in [-0.15, -0.1) is 0 Å². The number of aliphatic hydroxyl groups is 3. The van der Waals surface area contributed by atoms with Gasteiger partial charge in [0.1, 0.15) is 24.1 Å². The van der Waals surface area contributed by atoms with Crippen molar-refractivity contribution in [1.82, 2.24) is 19.5 Å². The number of rotatable bonds is 3. The second kappa shape index (κ2) is 4.86. The number of ether oxygens (including phenoxy) is 1. The number of aliphatic hydroxyl groups excluding tert-OH is 2. The van der Waals surface area contributed by atoms with Gasteiger partial charge in [0, 0.05) is 0 Å². The Balaban J connectivity index is 2.09. The molecule has 1 unspecified atom stereocenters. The molecule has 0 aromatic carbocycles. The van der Waals surface area contributed by atoms with Crippen LogP contribution in [0.4, 0.5) is 5.82 Å². The van der Waals surface area contributed by atoms with E-state index >= 15 is 0 Å². The van der Waals surface area contributed by atoms with E-state index in [1.54, 1.807) is 0 Å². The van der Waals surface area contributed by atoms with Crippen LogP contribution in [0.15, 0.2) is 12.7 Å². The fraction of sp³-hybridized carbons (Fsp3) is 0.545. The Hall–Kier alpha value is -1.85. The Morgan fingerprint density at radius 3 is 2.81 bits per heavy atom. The van der Waals surface area contributed by atoms with Crippen LogP contribution >= 0.6 is 0 Å². The van der Waals surface area contributed by atoms with Gasteiger partial charge in [-0.05, 0) is 6.92 Å². The maximum atomic E-state index is 10.4. The maximum Gasteiger partial charge on any atom is 0.181 e. The van der Waals surface area contributed by atoms with E-state index in [2.05, 4.69) is 15.0 Å². The minimum absolute atomic E-state index is 0.107. The Morgan fingerprint density at radius 1 is 1.43 bits per heavy atom. The SMILES string of the molecule is CC1(O)[C@H](O)[C@@H](CO)O[C@H]1n1cnc2c(NO)ncnc21. The second-order valence-corrected chi connectivity index (χ2v) is 5.04. The molecule has 10 nitrogen and oxygen atoms in total. The average Bonchev–Trinajstić information content (AvgIpc) is 2.99. The molecule has 0 bridgehead atoms. The van der Waals surface area contributed by atoms with Crippen molar-refractivity contribution < 1.29 is 25.3 Å². The first-order chi connectivity index (χ1) is 10.0. The van der Waals surface area contributed by atoms with E-state index in [0.29, 0.717) is 5.65 Å². The fourth-order valence-corrected chi connectivity index (χ4v) is 2.50. The Morgan fingerprint density at radius 2 is 2.19 bits per heavy atom. The van der Waals surface area contributed by atoms with Crippen LogP contribution < -0.4 is 5.48 Å². The van der Waals surface area contributed by atoms with Gasteiger partial charge in [-0.25, -0.2) is 15.0 Å². The third-order valence-corrected chi connectivity index (χ3v) is 3.65. The number of anilines is 1. The third-order valence-electron chi connectivity index (χ3n) is 3.65. The summed E-state index contributed by atoms with van der Waals surface area (Å²) in [7, 11) is 0. The number of fused-ring (bicyclic) bond motifs is 1. The van der Waals surface area contributed by atoms with Crippen LogP contribution in [0.1, 0.15) is 13.2 Å². The third kappa shape index (κ3) is 1.96. The van der Waals surface area contributed by atoms with Crippen LogP contribution in [-0.2, 0) is 4.74 Å². The van der Waals surface area contributed by atoms with Crippen molar-refractivity contribution in [2.75, 3.05) is 12.1 Å². The molecule has 2 aromatic heterocycles. The Kier molecular flexibility index (Phi) is 3.26. The number of aromatic nitrogens is 4. The second-order valence-electron chi connectivity index (χ2n) is 5.04. The van der Waals surface area contributed by atoms with Gasteiger partial charge in [0.25, 0.3) is 0 Å². The summed E-state index contributed by atoms with van der Waals surface area (Å²) in [6.45, 7) is 0.967. The lowest BCUT2D eigenvalue weighted by Gasteiger charge is -2.27. The van der Waals surface area contributed by atoms with Crippen molar-refractivity contribution in [2.45, 2.75) is 31.0 Å². The van der Waals surface area contributed by atoms with Crippen LogP contribution in [0, 0.1) is 0 Å². The van der Waals surface area contributed by atoms with E-state index in [9.17, 15) is 15.3 Å². The summed E-state index contributed by atoms with van der Waals surface area (Å²) in [4.78, 5) is 11.9. The van der Waals surface area contributed by atoms with Gasteiger partial charge in [0.05, 0.1) is 12.9 Å². The van der Waals surface area contributed by atoms with Gasteiger partial charge in [-0.3, -0.25) is 15.3 Å². The number of nitrogens with zero attached hydrogens (tertiary/aromatic N) is 4. The molecule has 3 heterocycles. The number of hydrogen-bond acceptors (Lipinski definition) is 9. The topological polar surface area (TPSA) is 146 Å². The first kappa shape index (κ1) is 14.1. The number of imidazole rings is 1. The Labute approximate surface area is 118 Å². The number of nitrogens with one attached hydrogen (secondary N) is 1. The van der Waals surface area contributed by atoms with Gasteiger partial charge >= 0.3 is 0 Å². The van der Waals surface area contributed by atoms with Crippen LogP contribution in [0.3, 0.4) is 0 Å². The molecule has 2 aromatic rings. The van der Waals surface area contributed by atoms with Crippen molar-refractivity contribution in [1.29, 1.82) is 0 Å². The van der Waals surface area contributed by atoms with Crippen molar-refractivity contribution in [2.24, 2.45) is 0 Å². The monoisotopic (exact) mass is 297 g/mol. The highest BCUT2D eigenvalue weighted by molar-refractivity contribution is 5.82. The van der Waals surface area contributed by atoms with E-state index in [1.165, 1.54) is 24.1 Å². The van der Waals surface area contributed by atoms with Gasteiger partial charge in [-0.2, -0.15) is 0 Å². The lowest BCUT2D eigenvalue weighted by atomic mass is 9.96. The average molecular weight is 297 g/mol. The zero-order valence-corrected chi connectivity index (χ0v) is 11.1. The smallest absolute Gasteiger partial charge is 0.181 e. The number of hydrogen-bond donors (Lipinski definition) is 5. The van der Waals surface area contributed by atoms with Crippen molar-refractivity contribution in [3.8, 4) is 0 Å². The molecule has 4 atom stereocenters. The lowest BCUT2D eigenvalue weighted by Crippen LogP contribution is -2.44. The molecular formula is C11H15N5O5. The van der Waals surface area contributed by atoms with E-state index in [0.717, 1.165) is 0 Å². The molecule has 1 fully saturated rings. The molecule has 0 radical (unpaired) electrons. The first-order valence-electron chi connectivity index (χ1n) is 6.25. The molecule has 3 rings (SSSR count). The van der Waals surface area contributed by atoms with Crippen molar-refractivity contribution in [3.63, 3.8) is 0 Å². The highest BCUT2D eigenvalue weighted by Crippen LogP contribution is 2.39. The van der Waals surface area contributed by atoms with Crippen molar-refractivity contribution >= 4 is 17.0 Å². The summed E-state index contributed by atoms with van der Waals surface area (Å²) in [6.07, 6.45) is -0.605. The van der Waals surface area contributed by atoms with Crippen molar-refractivity contribution in [3.05, 3.63) is 12.7 Å². The first-order valence-corrected chi connectivity index (χ1v) is 6.25. The predicted octanol–water partition coefficient (Wildman–Crippen LogP) is -1.37. The summed E-state index contributed by atoms with van der Waals surface area (Å²) >= 11 is 0. The molecular weight excluding hydrogens is 282 g/mol. The van der Waals surface area contributed by atoms with Crippen LogP contribution in [-0.4, -0.2) is 64.5 Å². The summed E-state index contributed by atoms with van der Waals surface area (Å²) in [5.41, 5.74) is 0.846. The predicted molar refractivity (Wildman–Crippen MR) is 68.4 cm³/mol. The molecule has 1 aliphatic heterocycles. The molecule has 0 saturated carbocycles. The standard InChI is InChI=1S/C11H15N5O5/c1-11(19)7(18)5(2-17)21-10(11)16-4-14-6-8(15-20)12-3-13-9(6)16/h3-5,7,10,17-20H,2H2,1H3,(H,12,13,15)/t5-,7-,10-,11?/m1/s1. The lowest BCUT2D eigenvalue weighted by molar-refractivity contribution is -0.0950. The molecule has 0 amide bonds.